The number of para-hydroxylation sites is 2. The lowest BCUT2D eigenvalue weighted by molar-refractivity contribution is 0.0940. The summed E-state index contributed by atoms with van der Waals surface area (Å²) in [4.78, 5) is 30.9. The van der Waals surface area contributed by atoms with Crippen LogP contribution in [-0.4, -0.2) is 23.0 Å². The van der Waals surface area contributed by atoms with Crippen LogP contribution in [0.2, 0.25) is 0 Å². The fraction of sp³-hybridized carbons (Fsp3) is 0.118. The van der Waals surface area contributed by atoms with Gasteiger partial charge >= 0.3 is 0 Å². The summed E-state index contributed by atoms with van der Waals surface area (Å²) >= 11 is 0. The molecule has 0 fully saturated rings. The minimum atomic E-state index is -0.446. The van der Waals surface area contributed by atoms with Crippen molar-refractivity contribution in [2.45, 2.75) is 6.54 Å². The first-order valence-corrected chi connectivity index (χ1v) is 7.08. The fourth-order valence-corrected chi connectivity index (χ4v) is 2.30. The number of H-pyrrole nitrogens is 1. The molecule has 1 aromatic heterocycles. The predicted octanol–water partition coefficient (Wildman–Crippen LogP) is 1.86. The van der Waals surface area contributed by atoms with E-state index in [9.17, 15) is 9.59 Å². The average Bonchev–Trinajstić information content (AvgIpc) is 2.59. The van der Waals surface area contributed by atoms with E-state index in [4.69, 9.17) is 4.74 Å². The standard InChI is InChI=1S/C17H15N3O3/c1-23-14-9-5-2-6-11(14)10-18-17(22)15-19-13-8-4-3-7-12(13)16(21)20-15/h2-9H,10H2,1H3,(H,18,22)(H,19,20,21). The molecular formula is C17H15N3O3. The summed E-state index contributed by atoms with van der Waals surface area (Å²) < 4.78 is 5.24. The molecule has 0 bridgehead atoms. The van der Waals surface area contributed by atoms with Crippen LogP contribution in [0.5, 0.6) is 5.75 Å². The summed E-state index contributed by atoms with van der Waals surface area (Å²) in [7, 11) is 1.57. The second kappa shape index (κ2) is 6.31. The van der Waals surface area contributed by atoms with Crippen LogP contribution in [0, 0.1) is 0 Å². The van der Waals surface area contributed by atoms with E-state index >= 15 is 0 Å². The van der Waals surface area contributed by atoms with E-state index in [0.29, 0.717) is 16.7 Å². The first-order chi connectivity index (χ1) is 11.2. The molecule has 0 atom stereocenters. The molecule has 2 aromatic carbocycles. The van der Waals surface area contributed by atoms with Gasteiger partial charge in [-0.05, 0) is 18.2 Å². The number of carbonyl (C=O) groups is 1. The maximum atomic E-state index is 12.2. The minimum absolute atomic E-state index is 0.0106. The molecule has 0 saturated heterocycles. The van der Waals surface area contributed by atoms with Gasteiger partial charge in [-0.2, -0.15) is 0 Å². The van der Waals surface area contributed by atoms with E-state index in [2.05, 4.69) is 15.3 Å². The number of benzene rings is 2. The van der Waals surface area contributed by atoms with Gasteiger partial charge in [0.1, 0.15) is 5.75 Å². The summed E-state index contributed by atoms with van der Waals surface area (Å²) in [6, 6.07) is 14.3. The third kappa shape index (κ3) is 3.06. The van der Waals surface area contributed by atoms with E-state index in [1.165, 1.54) is 0 Å². The van der Waals surface area contributed by atoms with Crippen LogP contribution in [0.25, 0.3) is 10.9 Å². The van der Waals surface area contributed by atoms with E-state index in [1.807, 2.05) is 24.3 Å². The van der Waals surface area contributed by atoms with E-state index in [0.717, 1.165) is 5.56 Å². The number of hydrogen-bond donors (Lipinski definition) is 2. The van der Waals surface area contributed by atoms with Crippen LogP contribution in [0.15, 0.2) is 53.3 Å². The van der Waals surface area contributed by atoms with Gasteiger partial charge in [0.25, 0.3) is 11.5 Å². The van der Waals surface area contributed by atoms with Crippen molar-refractivity contribution in [3.05, 3.63) is 70.3 Å². The lowest BCUT2D eigenvalue weighted by Crippen LogP contribution is -2.27. The molecule has 0 aliphatic carbocycles. The van der Waals surface area contributed by atoms with E-state index in [-0.39, 0.29) is 17.9 Å². The molecule has 0 radical (unpaired) electrons. The number of rotatable bonds is 4. The molecule has 1 heterocycles. The molecule has 0 spiro atoms. The van der Waals surface area contributed by atoms with Crippen LogP contribution in [0.3, 0.4) is 0 Å². The van der Waals surface area contributed by atoms with Crippen molar-refractivity contribution in [1.82, 2.24) is 15.3 Å². The number of nitrogens with one attached hydrogen (secondary N) is 2. The summed E-state index contributed by atoms with van der Waals surface area (Å²) in [5.41, 5.74) is 0.989. The highest BCUT2D eigenvalue weighted by Crippen LogP contribution is 2.16. The molecule has 0 aliphatic heterocycles. The number of nitrogens with zero attached hydrogens (tertiary/aromatic N) is 1. The van der Waals surface area contributed by atoms with Crippen LogP contribution >= 0.6 is 0 Å². The highest BCUT2D eigenvalue weighted by atomic mass is 16.5. The van der Waals surface area contributed by atoms with Gasteiger partial charge in [-0.15, -0.1) is 0 Å². The molecule has 6 heteroatoms. The van der Waals surface area contributed by atoms with Crippen molar-refractivity contribution < 1.29 is 9.53 Å². The first kappa shape index (κ1) is 14.8. The summed E-state index contributed by atoms with van der Waals surface area (Å²) in [6.45, 7) is 0.277. The quantitative estimate of drug-likeness (QED) is 0.770. The Balaban J connectivity index is 1.82. The van der Waals surface area contributed by atoms with Crippen molar-refractivity contribution in [2.24, 2.45) is 0 Å². The maximum Gasteiger partial charge on any atom is 0.287 e. The van der Waals surface area contributed by atoms with Gasteiger partial charge in [0.2, 0.25) is 0 Å². The van der Waals surface area contributed by atoms with Gasteiger partial charge < -0.3 is 15.0 Å². The zero-order chi connectivity index (χ0) is 16.2. The number of amides is 1. The number of hydrogen-bond acceptors (Lipinski definition) is 4. The Morgan fingerprint density at radius 2 is 1.91 bits per heavy atom. The van der Waals surface area contributed by atoms with Gasteiger partial charge in [-0.1, -0.05) is 30.3 Å². The maximum absolute atomic E-state index is 12.2. The minimum Gasteiger partial charge on any atom is -0.496 e. The molecule has 3 aromatic rings. The van der Waals surface area contributed by atoms with Crippen molar-refractivity contribution in [3.63, 3.8) is 0 Å². The van der Waals surface area contributed by atoms with Crippen molar-refractivity contribution >= 4 is 16.8 Å². The predicted molar refractivity (Wildman–Crippen MR) is 86.5 cm³/mol. The molecule has 2 N–H and O–H groups in total. The van der Waals surface area contributed by atoms with Gasteiger partial charge in [-0.3, -0.25) is 9.59 Å². The number of aromatic amines is 1. The van der Waals surface area contributed by atoms with Gasteiger partial charge in [0, 0.05) is 12.1 Å². The van der Waals surface area contributed by atoms with Gasteiger partial charge in [0.15, 0.2) is 5.82 Å². The van der Waals surface area contributed by atoms with E-state index in [1.54, 1.807) is 31.4 Å². The normalized spacial score (nSPS) is 10.5. The molecule has 116 valence electrons. The zero-order valence-electron chi connectivity index (χ0n) is 12.5. The van der Waals surface area contributed by atoms with Crippen LogP contribution in [-0.2, 0) is 6.54 Å². The Morgan fingerprint density at radius 1 is 1.17 bits per heavy atom. The number of carbonyl (C=O) groups excluding carboxylic acids is 1. The Morgan fingerprint density at radius 3 is 2.74 bits per heavy atom. The molecule has 0 saturated carbocycles. The van der Waals surface area contributed by atoms with Crippen molar-refractivity contribution in [1.29, 1.82) is 0 Å². The lowest BCUT2D eigenvalue weighted by Gasteiger charge is -2.09. The molecule has 6 nitrogen and oxygen atoms in total. The second-order valence-corrected chi connectivity index (χ2v) is 4.93. The van der Waals surface area contributed by atoms with Crippen LogP contribution in [0.1, 0.15) is 16.2 Å². The van der Waals surface area contributed by atoms with Crippen LogP contribution < -0.4 is 15.6 Å². The second-order valence-electron chi connectivity index (χ2n) is 4.93. The fourth-order valence-electron chi connectivity index (χ4n) is 2.30. The van der Waals surface area contributed by atoms with Crippen molar-refractivity contribution in [2.75, 3.05) is 7.11 Å². The average molecular weight is 309 g/mol. The Bertz CT molecular complexity index is 918. The van der Waals surface area contributed by atoms with Gasteiger partial charge in [0.05, 0.1) is 18.0 Å². The SMILES string of the molecule is COc1ccccc1CNC(=O)c1nc2ccccc2c(=O)[nH]1. The largest absolute Gasteiger partial charge is 0.496 e. The molecule has 3 rings (SSSR count). The van der Waals surface area contributed by atoms with Gasteiger partial charge in [-0.25, -0.2) is 4.98 Å². The van der Waals surface area contributed by atoms with Crippen molar-refractivity contribution in [3.8, 4) is 5.75 Å². The number of ether oxygens (including phenoxy) is 1. The Hall–Kier alpha value is -3.15. The molecule has 0 aliphatic rings. The molecular weight excluding hydrogens is 294 g/mol. The summed E-state index contributed by atoms with van der Waals surface area (Å²) in [6.07, 6.45) is 0. The highest BCUT2D eigenvalue weighted by Gasteiger charge is 2.12. The zero-order valence-corrected chi connectivity index (χ0v) is 12.5. The van der Waals surface area contributed by atoms with Crippen LogP contribution in [0.4, 0.5) is 0 Å². The number of fused-ring (bicyclic) bond motifs is 1. The highest BCUT2D eigenvalue weighted by molar-refractivity contribution is 5.92. The smallest absolute Gasteiger partial charge is 0.287 e. The summed E-state index contributed by atoms with van der Waals surface area (Å²) in [5.74, 6) is 0.232. The molecule has 1 amide bonds. The Kier molecular flexibility index (Phi) is 4.05. The topological polar surface area (TPSA) is 84.1 Å². The summed E-state index contributed by atoms with van der Waals surface area (Å²) in [5, 5.41) is 3.18. The molecule has 23 heavy (non-hydrogen) atoms. The third-order valence-electron chi connectivity index (χ3n) is 3.46. The monoisotopic (exact) mass is 309 g/mol. The Labute approximate surface area is 132 Å². The number of aromatic nitrogens is 2. The van der Waals surface area contributed by atoms with E-state index < -0.39 is 5.91 Å². The lowest BCUT2D eigenvalue weighted by atomic mass is 10.2. The third-order valence-corrected chi connectivity index (χ3v) is 3.46. The molecule has 0 unspecified atom stereocenters. The number of methoxy groups -OCH3 is 1. The first-order valence-electron chi connectivity index (χ1n) is 7.08.